The fourth-order valence-electron chi connectivity index (χ4n) is 2.75. The van der Waals surface area contributed by atoms with Crippen molar-refractivity contribution in [2.75, 3.05) is 19.7 Å². The molecule has 5 heteroatoms. The van der Waals surface area contributed by atoms with E-state index in [4.69, 9.17) is 15.6 Å². The smallest absolute Gasteiger partial charge is 0.208 e. The first-order chi connectivity index (χ1) is 8.83. The van der Waals surface area contributed by atoms with E-state index in [0.29, 0.717) is 12.1 Å². The Morgan fingerprint density at radius 2 is 2.17 bits per heavy atom. The molecule has 1 saturated carbocycles. The third-order valence-corrected chi connectivity index (χ3v) is 3.90. The highest BCUT2D eigenvalue weighted by Gasteiger charge is 2.22. The number of hydrogen-bond acceptors (Lipinski definition) is 3. The topological polar surface area (TPSA) is 62.9 Å². The van der Waals surface area contributed by atoms with Gasteiger partial charge in [0.2, 0.25) is 5.96 Å². The molecule has 2 aliphatic rings. The van der Waals surface area contributed by atoms with Crippen molar-refractivity contribution in [1.29, 1.82) is 0 Å². The van der Waals surface area contributed by atoms with Gasteiger partial charge in [-0.15, -0.1) is 0 Å². The molecule has 18 heavy (non-hydrogen) atoms. The molecule has 1 atom stereocenters. The van der Waals surface area contributed by atoms with E-state index in [-0.39, 0.29) is 0 Å². The molecule has 1 saturated heterocycles. The van der Waals surface area contributed by atoms with E-state index >= 15 is 0 Å². The molecule has 3 N–H and O–H groups in total. The van der Waals surface area contributed by atoms with E-state index < -0.39 is 0 Å². The Morgan fingerprint density at radius 3 is 2.83 bits per heavy atom. The molecule has 104 valence electrons. The predicted molar refractivity (Wildman–Crippen MR) is 73.2 cm³/mol. The average Bonchev–Trinajstić information content (AvgIpc) is 2.46. The van der Waals surface area contributed by atoms with Gasteiger partial charge in [-0.25, -0.2) is 10.8 Å². The quantitative estimate of drug-likeness (QED) is 0.337. The van der Waals surface area contributed by atoms with Crippen molar-refractivity contribution in [2.45, 2.75) is 57.6 Å². The molecule has 1 aliphatic heterocycles. The van der Waals surface area contributed by atoms with E-state index in [1.165, 1.54) is 32.1 Å². The fraction of sp³-hybridized carbons (Fsp3) is 0.923. The van der Waals surface area contributed by atoms with E-state index in [1.807, 2.05) is 0 Å². The van der Waals surface area contributed by atoms with Gasteiger partial charge in [0.05, 0.1) is 18.8 Å². The minimum Gasteiger partial charge on any atom is -0.375 e. The number of hydrogen-bond donors (Lipinski definition) is 2. The third kappa shape index (κ3) is 3.59. The van der Waals surface area contributed by atoms with Crippen molar-refractivity contribution in [3.63, 3.8) is 0 Å². The molecule has 0 aromatic heterocycles. The summed E-state index contributed by atoms with van der Waals surface area (Å²) in [6.45, 7) is 4.70. The van der Waals surface area contributed by atoms with Gasteiger partial charge in [-0.2, -0.15) is 0 Å². The second-order valence-corrected chi connectivity index (χ2v) is 5.24. The largest absolute Gasteiger partial charge is 0.375 e. The summed E-state index contributed by atoms with van der Waals surface area (Å²) in [5.74, 6) is 6.50. The van der Waals surface area contributed by atoms with Crippen molar-refractivity contribution in [1.82, 2.24) is 10.3 Å². The summed E-state index contributed by atoms with van der Waals surface area (Å²) >= 11 is 0. The number of hydrazine groups is 1. The van der Waals surface area contributed by atoms with Crippen molar-refractivity contribution < 1.29 is 4.74 Å². The lowest BCUT2D eigenvalue weighted by Crippen LogP contribution is -2.52. The zero-order valence-electron chi connectivity index (χ0n) is 11.4. The molecule has 0 radical (unpaired) electrons. The predicted octanol–water partition coefficient (Wildman–Crippen LogP) is 1.25. The highest BCUT2D eigenvalue weighted by molar-refractivity contribution is 5.79. The summed E-state index contributed by atoms with van der Waals surface area (Å²) in [4.78, 5) is 7.03. The lowest BCUT2D eigenvalue weighted by Gasteiger charge is -2.35. The van der Waals surface area contributed by atoms with Gasteiger partial charge in [-0.3, -0.25) is 5.43 Å². The van der Waals surface area contributed by atoms with E-state index in [0.717, 1.165) is 32.1 Å². The number of nitrogens with one attached hydrogen (secondary N) is 1. The Labute approximate surface area is 110 Å². The van der Waals surface area contributed by atoms with Crippen LogP contribution in [0.2, 0.25) is 0 Å². The second kappa shape index (κ2) is 6.95. The van der Waals surface area contributed by atoms with Gasteiger partial charge in [0.15, 0.2) is 0 Å². The minimum atomic E-state index is 0.309. The molecule has 2 fully saturated rings. The molecule has 1 unspecified atom stereocenters. The second-order valence-electron chi connectivity index (χ2n) is 5.24. The number of nitrogens with zero attached hydrogens (tertiary/aromatic N) is 2. The van der Waals surface area contributed by atoms with Crippen LogP contribution in [0.1, 0.15) is 45.4 Å². The summed E-state index contributed by atoms with van der Waals surface area (Å²) in [6, 6.07) is 0.452. The summed E-state index contributed by atoms with van der Waals surface area (Å²) < 4.78 is 5.68. The van der Waals surface area contributed by atoms with Crippen LogP contribution in [0, 0.1) is 0 Å². The molecule has 5 nitrogen and oxygen atoms in total. The Hall–Kier alpha value is -0.810. The molecule has 0 spiro atoms. The molecular formula is C13H26N4O. The van der Waals surface area contributed by atoms with Crippen LogP contribution in [0.25, 0.3) is 0 Å². The third-order valence-electron chi connectivity index (χ3n) is 3.90. The number of morpholine rings is 1. The Balaban J connectivity index is 1.95. The van der Waals surface area contributed by atoms with E-state index in [1.54, 1.807) is 0 Å². The molecule has 0 amide bonds. The Morgan fingerprint density at radius 1 is 1.39 bits per heavy atom. The summed E-state index contributed by atoms with van der Waals surface area (Å²) in [7, 11) is 0. The van der Waals surface area contributed by atoms with Crippen molar-refractivity contribution >= 4 is 5.96 Å². The van der Waals surface area contributed by atoms with Gasteiger partial charge < -0.3 is 9.64 Å². The first kappa shape index (κ1) is 13.6. The maximum Gasteiger partial charge on any atom is 0.208 e. The van der Waals surface area contributed by atoms with Gasteiger partial charge >= 0.3 is 0 Å². The van der Waals surface area contributed by atoms with E-state index in [2.05, 4.69) is 17.2 Å². The number of nitrogens with two attached hydrogens (primary N) is 1. The highest BCUT2D eigenvalue weighted by atomic mass is 16.5. The van der Waals surface area contributed by atoms with E-state index in [9.17, 15) is 0 Å². The van der Waals surface area contributed by atoms with Crippen molar-refractivity contribution in [3.8, 4) is 0 Å². The monoisotopic (exact) mass is 254 g/mol. The number of ether oxygens (including phenoxy) is 1. The van der Waals surface area contributed by atoms with Crippen LogP contribution in [0.15, 0.2) is 4.99 Å². The van der Waals surface area contributed by atoms with Crippen LogP contribution in [0.3, 0.4) is 0 Å². The molecular weight excluding hydrogens is 228 g/mol. The van der Waals surface area contributed by atoms with Gasteiger partial charge in [-0.1, -0.05) is 26.2 Å². The first-order valence-corrected chi connectivity index (χ1v) is 7.24. The van der Waals surface area contributed by atoms with Crippen LogP contribution < -0.4 is 11.3 Å². The molecule has 1 heterocycles. The number of guanidine groups is 1. The molecule has 0 bridgehead atoms. The maximum atomic E-state index is 5.68. The number of aliphatic imine (C=N–C) groups is 1. The van der Waals surface area contributed by atoms with Crippen LogP contribution in [-0.2, 0) is 4.74 Å². The fourth-order valence-corrected chi connectivity index (χ4v) is 2.75. The van der Waals surface area contributed by atoms with Crippen LogP contribution >= 0.6 is 0 Å². The normalized spacial score (nSPS) is 27.3. The molecule has 0 aromatic rings. The average molecular weight is 254 g/mol. The standard InChI is InChI=1S/C13H26N4O/c1-2-12-10-17(8-9-18-12)13(16-14)15-11-6-4-3-5-7-11/h11-12H,2-10,14H2,1H3,(H,15,16). The van der Waals surface area contributed by atoms with Gasteiger partial charge in [0.1, 0.15) is 0 Å². The summed E-state index contributed by atoms with van der Waals surface area (Å²) in [5.41, 5.74) is 2.78. The Bertz CT molecular complexity index is 276. The SMILES string of the molecule is CCC1CN(C(=NC2CCCCC2)NN)CCO1. The lowest BCUT2D eigenvalue weighted by atomic mass is 9.96. The zero-order valence-corrected chi connectivity index (χ0v) is 11.4. The van der Waals surface area contributed by atoms with Crippen LogP contribution in [-0.4, -0.2) is 42.7 Å². The first-order valence-electron chi connectivity index (χ1n) is 7.24. The van der Waals surface area contributed by atoms with Crippen molar-refractivity contribution in [3.05, 3.63) is 0 Å². The van der Waals surface area contributed by atoms with Crippen molar-refractivity contribution in [2.24, 2.45) is 10.8 Å². The van der Waals surface area contributed by atoms with Gasteiger partial charge in [0, 0.05) is 13.1 Å². The summed E-state index contributed by atoms with van der Waals surface area (Å²) in [5, 5.41) is 0. The molecule has 0 aromatic carbocycles. The lowest BCUT2D eigenvalue weighted by molar-refractivity contribution is -0.00822. The zero-order chi connectivity index (χ0) is 12.8. The van der Waals surface area contributed by atoms with Crippen LogP contribution in [0.5, 0.6) is 0 Å². The summed E-state index contributed by atoms with van der Waals surface area (Å²) in [6.07, 6.45) is 7.70. The Kier molecular flexibility index (Phi) is 5.26. The molecule has 1 aliphatic carbocycles. The highest BCUT2D eigenvalue weighted by Crippen LogP contribution is 2.20. The van der Waals surface area contributed by atoms with Crippen LogP contribution in [0.4, 0.5) is 0 Å². The molecule has 2 rings (SSSR count). The maximum absolute atomic E-state index is 5.68. The van der Waals surface area contributed by atoms with Gasteiger partial charge in [0.25, 0.3) is 0 Å². The minimum absolute atomic E-state index is 0.309. The van der Waals surface area contributed by atoms with Gasteiger partial charge in [-0.05, 0) is 19.3 Å². The number of rotatable bonds is 2.